The average Bonchev–Trinajstić information content (AvgIpc) is 3.14. The van der Waals surface area contributed by atoms with E-state index < -0.39 is 0 Å². The van der Waals surface area contributed by atoms with Crippen LogP contribution >= 0.6 is 28.3 Å². The quantitative estimate of drug-likeness (QED) is 0.417. The summed E-state index contributed by atoms with van der Waals surface area (Å²) >= 11 is 1.53. The molecular formula is C20H21BrN4O3S. The van der Waals surface area contributed by atoms with E-state index in [1.54, 1.807) is 12.1 Å². The fourth-order valence-corrected chi connectivity index (χ4v) is 4.09. The molecule has 2 aromatic carbocycles. The molecular weight excluding hydrogens is 456 g/mol. The van der Waals surface area contributed by atoms with Crippen molar-refractivity contribution in [3.8, 4) is 11.3 Å². The summed E-state index contributed by atoms with van der Waals surface area (Å²) in [7, 11) is 0. The molecule has 29 heavy (non-hydrogen) atoms. The van der Waals surface area contributed by atoms with E-state index >= 15 is 0 Å². The van der Waals surface area contributed by atoms with E-state index in [9.17, 15) is 10.1 Å². The van der Waals surface area contributed by atoms with Crippen molar-refractivity contribution in [3.63, 3.8) is 0 Å². The van der Waals surface area contributed by atoms with Gasteiger partial charge in [0.1, 0.15) is 0 Å². The Morgan fingerprint density at radius 3 is 2.62 bits per heavy atom. The molecule has 0 bridgehead atoms. The van der Waals surface area contributed by atoms with Crippen molar-refractivity contribution < 1.29 is 9.66 Å². The Kier molecular flexibility index (Phi) is 6.83. The van der Waals surface area contributed by atoms with Gasteiger partial charge in [-0.15, -0.1) is 28.3 Å². The highest BCUT2D eigenvalue weighted by Gasteiger charge is 2.19. The molecule has 0 amide bonds. The van der Waals surface area contributed by atoms with Crippen LogP contribution in [0, 0.1) is 17.0 Å². The van der Waals surface area contributed by atoms with Gasteiger partial charge >= 0.3 is 0 Å². The number of hydrogen-bond acceptors (Lipinski definition) is 6. The molecule has 1 aromatic heterocycles. The molecule has 1 saturated heterocycles. The number of hydrogen-bond donors (Lipinski definition) is 0. The van der Waals surface area contributed by atoms with Crippen molar-refractivity contribution in [1.82, 2.24) is 4.68 Å². The summed E-state index contributed by atoms with van der Waals surface area (Å²) in [6.45, 7) is 4.79. The Morgan fingerprint density at radius 1 is 1.14 bits per heavy atom. The summed E-state index contributed by atoms with van der Waals surface area (Å²) in [6.07, 6.45) is 0. The summed E-state index contributed by atoms with van der Waals surface area (Å²) in [6, 6.07) is 14.7. The molecule has 0 spiro atoms. The minimum absolute atomic E-state index is 0. The number of nitro benzene ring substituents is 1. The summed E-state index contributed by atoms with van der Waals surface area (Å²) in [5.41, 5.74) is 3.78. The Hall–Kier alpha value is -2.49. The molecule has 1 aliphatic heterocycles. The van der Waals surface area contributed by atoms with Crippen LogP contribution in [0.4, 0.5) is 11.4 Å². The van der Waals surface area contributed by atoms with Gasteiger partial charge in [-0.3, -0.25) is 10.1 Å². The van der Waals surface area contributed by atoms with Crippen LogP contribution in [0.1, 0.15) is 5.56 Å². The lowest BCUT2D eigenvalue weighted by Crippen LogP contribution is -2.48. The highest BCUT2D eigenvalue weighted by molar-refractivity contribution is 8.93. The second kappa shape index (κ2) is 9.34. The number of aromatic nitrogens is 1. The van der Waals surface area contributed by atoms with Gasteiger partial charge in [0.15, 0.2) is 0 Å². The number of nitrogens with zero attached hydrogens (tertiary/aromatic N) is 4. The van der Waals surface area contributed by atoms with Gasteiger partial charge in [0, 0.05) is 23.1 Å². The van der Waals surface area contributed by atoms with Crippen molar-refractivity contribution in [2.75, 3.05) is 31.3 Å². The lowest BCUT2D eigenvalue weighted by Gasteiger charge is -2.31. The molecule has 3 aromatic rings. The van der Waals surface area contributed by atoms with Gasteiger partial charge in [-0.1, -0.05) is 30.3 Å². The number of non-ortho nitro benzene ring substituents is 1. The van der Waals surface area contributed by atoms with Crippen molar-refractivity contribution in [2.45, 2.75) is 6.92 Å². The number of halogens is 1. The third kappa shape index (κ3) is 4.58. The van der Waals surface area contributed by atoms with E-state index in [0.29, 0.717) is 13.2 Å². The van der Waals surface area contributed by atoms with Crippen molar-refractivity contribution >= 4 is 39.7 Å². The maximum atomic E-state index is 11.2. The summed E-state index contributed by atoms with van der Waals surface area (Å²) < 4.78 is 7.57. The van der Waals surface area contributed by atoms with Gasteiger partial charge in [-0.05, 0) is 18.6 Å². The minimum Gasteiger partial charge on any atom is -0.378 e. The number of ether oxygens (including phenoxy) is 1. The average molecular weight is 477 g/mol. The third-order valence-electron chi connectivity index (χ3n) is 4.64. The van der Waals surface area contributed by atoms with Crippen molar-refractivity contribution in [2.24, 2.45) is 4.99 Å². The number of aryl methyl sites for hydroxylation is 1. The maximum Gasteiger partial charge on any atom is 0.270 e. The predicted molar refractivity (Wildman–Crippen MR) is 120 cm³/mol. The van der Waals surface area contributed by atoms with Crippen LogP contribution in [0.15, 0.2) is 58.9 Å². The fourth-order valence-electron chi connectivity index (χ4n) is 3.17. The molecule has 0 aliphatic carbocycles. The van der Waals surface area contributed by atoms with Crippen molar-refractivity contribution in [1.29, 1.82) is 0 Å². The van der Waals surface area contributed by atoms with E-state index in [4.69, 9.17) is 9.73 Å². The zero-order valence-electron chi connectivity index (χ0n) is 15.9. The Balaban J connectivity index is 0.00000240. The molecule has 0 unspecified atom stereocenters. The molecule has 0 atom stereocenters. The smallest absolute Gasteiger partial charge is 0.270 e. The molecule has 152 valence electrons. The van der Waals surface area contributed by atoms with E-state index in [1.165, 1.54) is 17.4 Å². The van der Waals surface area contributed by atoms with Crippen LogP contribution in [0.25, 0.3) is 11.3 Å². The van der Waals surface area contributed by atoms with Gasteiger partial charge in [0.25, 0.3) is 5.69 Å². The van der Waals surface area contributed by atoms with E-state index in [-0.39, 0.29) is 27.6 Å². The Morgan fingerprint density at radius 2 is 1.90 bits per heavy atom. The van der Waals surface area contributed by atoms with Crippen molar-refractivity contribution in [3.05, 3.63) is 74.4 Å². The summed E-state index contributed by atoms with van der Waals surface area (Å²) in [4.78, 5) is 16.6. The molecule has 0 saturated carbocycles. The highest BCUT2D eigenvalue weighted by Crippen LogP contribution is 2.25. The van der Waals surface area contributed by atoms with Gasteiger partial charge in [0.05, 0.1) is 42.6 Å². The second-order valence-corrected chi connectivity index (χ2v) is 7.32. The van der Waals surface area contributed by atoms with Gasteiger partial charge in [-0.2, -0.15) is 0 Å². The number of benzene rings is 2. The second-order valence-electron chi connectivity index (χ2n) is 6.49. The lowest BCUT2D eigenvalue weighted by molar-refractivity contribution is -0.384. The molecule has 1 fully saturated rings. The maximum absolute atomic E-state index is 11.2. The Labute approximate surface area is 182 Å². The topological polar surface area (TPSA) is 72.9 Å². The van der Waals surface area contributed by atoms with Crippen LogP contribution in [0.5, 0.6) is 0 Å². The van der Waals surface area contributed by atoms with Crippen LogP contribution in [-0.4, -0.2) is 35.9 Å². The largest absolute Gasteiger partial charge is 0.378 e. The third-order valence-corrected chi connectivity index (χ3v) is 5.46. The lowest BCUT2D eigenvalue weighted by atomic mass is 10.1. The van der Waals surface area contributed by atoms with Gasteiger partial charge in [0.2, 0.25) is 4.80 Å². The molecule has 0 N–H and O–H groups in total. The first kappa shape index (κ1) is 21.2. The predicted octanol–water partition coefficient (Wildman–Crippen LogP) is 4.21. The minimum atomic E-state index is -0.368. The molecule has 9 heteroatoms. The fraction of sp³-hybridized carbons (Fsp3) is 0.250. The normalized spacial score (nSPS) is 14.5. The number of nitro groups is 1. The SMILES string of the molecule is Br.Cc1ccccc1N=c1scc(-c2cccc([N+](=O)[O-])c2)n1N1CCOCC1. The van der Waals surface area contributed by atoms with Crippen LogP contribution in [0.2, 0.25) is 0 Å². The standard InChI is InChI=1S/C20H20N4O3S.BrH/c1-15-5-2-3-8-18(15)21-20-23(22-9-11-27-12-10-22)19(14-28-20)16-6-4-7-17(13-16)24(25)26;/h2-8,13-14H,9-12H2,1H3;1H. The molecule has 0 radical (unpaired) electrons. The number of para-hydroxylation sites is 1. The van der Waals surface area contributed by atoms with E-state index in [0.717, 1.165) is 40.4 Å². The van der Waals surface area contributed by atoms with Crippen LogP contribution in [0.3, 0.4) is 0 Å². The first-order valence-corrected chi connectivity index (χ1v) is 9.90. The first-order valence-electron chi connectivity index (χ1n) is 9.02. The molecule has 7 nitrogen and oxygen atoms in total. The van der Waals surface area contributed by atoms with Crippen LogP contribution < -0.4 is 9.81 Å². The number of morpholine rings is 1. The number of thiazole rings is 1. The molecule has 4 rings (SSSR count). The zero-order valence-corrected chi connectivity index (χ0v) is 18.4. The zero-order chi connectivity index (χ0) is 19.5. The number of rotatable bonds is 4. The summed E-state index contributed by atoms with van der Waals surface area (Å²) in [5, 5.41) is 15.4. The molecule has 2 heterocycles. The van der Waals surface area contributed by atoms with E-state index in [1.807, 2.05) is 42.6 Å². The van der Waals surface area contributed by atoms with Gasteiger partial charge < -0.3 is 9.75 Å². The molecule has 1 aliphatic rings. The highest BCUT2D eigenvalue weighted by atomic mass is 79.9. The Bertz CT molecular complexity index is 1070. The van der Waals surface area contributed by atoms with Gasteiger partial charge in [-0.25, -0.2) is 9.67 Å². The summed E-state index contributed by atoms with van der Waals surface area (Å²) in [5.74, 6) is 0. The van der Waals surface area contributed by atoms with Crippen LogP contribution in [-0.2, 0) is 4.74 Å². The monoisotopic (exact) mass is 476 g/mol. The first-order chi connectivity index (χ1) is 13.6. The van der Waals surface area contributed by atoms with E-state index in [2.05, 4.69) is 9.69 Å².